The predicted molar refractivity (Wildman–Crippen MR) is 229 cm³/mol. The maximum absolute atomic E-state index is 5.83. The van der Waals surface area contributed by atoms with Gasteiger partial charge in [-0.05, 0) is 80.8 Å². The number of aryl methyl sites for hydroxylation is 6. The molecule has 0 aliphatic rings. The number of fused-ring (bicyclic) bond motifs is 2. The Kier molecular flexibility index (Phi) is 13.2. The molecule has 0 aliphatic heterocycles. The van der Waals surface area contributed by atoms with Gasteiger partial charge in [-0.15, -0.1) is 63.5 Å². The summed E-state index contributed by atoms with van der Waals surface area (Å²) < 4.78 is 5.83. The van der Waals surface area contributed by atoms with Crippen LogP contribution in [0, 0.1) is 34.6 Å². The van der Waals surface area contributed by atoms with Gasteiger partial charge in [-0.2, -0.15) is 6.07 Å². The van der Waals surface area contributed by atoms with Crippen LogP contribution in [-0.2, 0) is 29.8 Å². The van der Waals surface area contributed by atoms with Crippen LogP contribution < -0.4 is 0 Å². The van der Waals surface area contributed by atoms with Gasteiger partial charge >= 0.3 is 53.5 Å². The SMILES string of the molecule is CCc1cc2c(-c3cc(C)cc(C)c3)c(C)ccc2[cH-]1.C[Si](C)=[Zr]([Cl])[Cl].Cc1ccc(-c2cc3c(-c4ccc(C(C)(C)C)cc4)c(C)ccc3[cH-]2)o1. The van der Waals surface area contributed by atoms with Crippen molar-refractivity contribution in [2.45, 2.75) is 87.2 Å². The Hall–Kier alpha value is -2.94. The molecule has 0 N–H and O–H groups in total. The minimum atomic E-state index is -1.65. The predicted octanol–water partition coefficient (Wildman–Crippen LogP) is 15.3. The molecule has 0 amide bonds. The first-order valence-corrected chi connectivity index (χ1v) is 30.7. The maximum atomic E-state index is 5.83. The molecule has 0 atom stereocenters. The number of rotatable bonds is 4. The van der Waals surface area contributed by atoms with E-state index < -0.39 is 18.0 Å². The van der Waals surface area contributed by atoms with E-state index >= 15 is 0 Å². The Balaban J connectivity index is 0.000000178. The first kappa shape index (κ1) is 40.2. The van der Waals surface area contributed by atoms with Crippen molar-refractivity contribution in [2.75, 3.05) is 0 Å². The largest absolute Gasteiger partial charge is 0.496 e. The summed E-state index contributed by atoms with van der Waals surface area (Å²) in [4.78, 5) is 0. The molecular weight excluding hydrogens is 771 g/mol. The fourth-order valence-corrected chi connectivity index (χ4v) is 6.80. The Morgan fingerprint density at radius 3 is 1.69 bits per heavy atom. The Morgan fingerprint density at radius 1 is 0.654 bits per heavy atom. The zero-order chi connectivity index (χ0) is 37.9. The van der Waals surface area contributed by atoms with Gasteiger partial charge < -0.3 is 4.42 Å². The third kappa shape index (κ3) is 9.58. The van der Waals surface area contributed by atoms with Crippen molar-refractivity contribution in [3.05, 3.63) is 142 Å². The molecule has 6 aromatic carbocycles. The molecule has 0 aliphatic carbocycles. The maximum Gasteiger partial charge on any atom is 0.0896 e. The number of benzene rings is 4. The minimum Gasteiger partial charge on any atom is -0.496 e. The second-order valence-corrected chi connectivity index (χ2v) is 38.3. The number of halogens is 2. The topological polar surface area (TPSA) is 13.1 Å². The van der Waals surface area contributed by atoms with E-state index in [1.807, 2.05) is 19.1 Å². The molecule has 5 heteroatoms. The second kappa shape index (κ2) is 17.0. The van der Waals surface area contributed by atoms with Gasteiger partial charge in [-0.3, -0.25) is 0 Å². The molecule has 0 saturated carbocycles. The van der Waals surface area contributed by atoms with E-state index in [-0.39, 0.29) is 10.8 Å². The van der Waals surface area contributed by atoms with Gasteiger partial charge in [0.2, 0.25) is 0 Å². The fraction of sp³-hybridized carbons (Fsp3) is 0.277. The van der Waals surface area contributed by atoms with Gasteiger partial charge in [-0.1, -0.05) is 110 Å². The summed E-state index contributed by atoms with van der Waals surface area (Å²) in [7, 11) is 11.2. The number of hydrogen-bond acceptors (Lipinski definition) is 1. The summed E-state index contributed by atoms with van der Waals surface area (Å²) in [5.74, 6) is 1.88. The van der Waals surface area contributed by atoms with E-state index in [1.165, 1.54) is 77.2 Å². The van der Waals surface area contributed by atoms with E-state index in [9.17, 15) is 0 Å². The smallest absolute Gasteiger partial charge is 0.0896 e. The summed E-state index contributed by atoms with van der Waals surface area (Å²) in [6.45, 7) is 24.0. The van der Waals surface area contributed by atoms with Crippen LogP contribution in [-0.4, -0.2) is 5.43 Å². The Bertz CT molecular complexity index is 2320. The summed E-state index contributed by atoms with van der Waals surface area (Å²) in [5.41, 5.74) is 14.5. The van der Waals surface area contributed by atoms with Crippen LogP contribution in [0.25, 0.3) is 55.1 Å². The molecule has 0 spiro atoms. The molecule has 0 radical (unpaired) electrons. The summed E-state index contributed by atoms with van der Waals surface area (Å²) in [5, 5.41) is 5.31. The van der Waals surface area contributed by atoms with E-state index in [2.05, 4.69) is 159 Å². The van der Waals surface area contributed by atoms with Crippen molar-refractivity contribution in [1.29, 1.82) is 0 Å². The van der Waals surface area contributed by atoms with Crippen LogP contribution in [0.5, 0.6) is 0 Å². The van der Waals surface area contributed by atoms with Crippen molar-refractivity contribution in [2.24, 2.45) is 0 Å². The standard InChI is InChI=1S/C25H25O.C20H21.C2H6Si.2ClH.Zr/c1-16-6-8-19-14-20(23-13-7-17(2)26-23)15-22(19)24(16)18-9-11-21(12-10-18)25(3,4)5;1-5-16-11-17-7-6-15(4)20(19(17)12-16)18-9-13(2)8-14(3)10-18;1-3-2;;;/h6-15H,1-5H3;6-12H,5H2,1-4H3;1-2H3;2*1H;/q2*-1;;;;+2/p-2. The van der Waals surface area contributed by atoms with Gasteiger partial charge in [0.05, 0.1) is 11.5 Å². The van der Waals surface area contributed by atoms with Gasteiger partial charge in [0.1, 0.15) is 0 Å². The summed E-state index contributed by atoms with van der Waals surface area (Å²) in [6, 6.07) is 38.0. The molecule has 1 heterocycles. The molecule has 1 aromatic heterocycles. The van der Waals surface area contributed by atoms with E-state index in [0.717, 1.165) is 23.5 Å². The molecule has 0 fully saturated rings. The first-order valence-electron chi connectivity index (χ1n) is 18.2. The van der Waals surface area contributed by atoms with Gasteiger partial charge in [0, 0.05) is 0 Å². The van der Waals surface area contributed by atoms with Crippen LogP contribution in [0.4, 0.5) is 0 Å². The van der Waals surface area contributed by atoms with Crippen LogP contribution in [0.2, 0.25) is 13.1 Å². The van der Waals surface area contributed by atoms with Crippen LogP contribution >= 0.6 is 17.0 Å². The van der Waals surface area contributed by atoms with Crippen LogP contribution in [0.3, 0.4) is 0 Å². The zero-order valence-corrected chi connectivity index (χ0v) is 37.7. The quantitative estimate of drug-likeness (QED) is 0.127. The molecule has 7 rings (SSSR count). The third-order valence-corrected chi connectivity index (χ3v) is 29.4. The van der Waals surface area contributed by atoms with Crippen molar-refractivity contribution in [1.82, 2.24) is 0 Å². The normalized spacial score (nSPS) is 11.2. The van der Waals surface area contributed by atoms with E-state index in [0.29, 0.717) is 0 Å². The van der Waals surface area contributed by atoms with Gasteiger partial charge in [0.15, 0.2) is 0 Å². The van der Waals surface area contributed by atoms with E-state index in [4.69, 9.17) is 21.4 Å². The molecule has 0 unspecified atom stereocenters. The number of furan rings is 1. The molecule has 0 saturated heterocycles. The fourth-order valence-electron chi connectivity index (χ4n) is 6.80. The molecule has 52 heavy (non-hydrogen) atoms. The average molecular weight is 823 g/mol. The monoisotopic (exact) mass is 820 g/mol. The average Bonchev–Trinajstić information content (AvgIpc) is 3.82. The minimum absolute atomic E-state index is 0.171. The molecule has 7 aromatic rings. The van der Waals surface area contributed by atoms with E-state index in [1.54, 1.807) is 0 Å². The second-order valence-electron chi connectivity index (χ2n) is 15.4. The van der Waals surface area contributed by atoms with Gasteiger partial charge in [0.25, 0.3) is 0 Å². The molecule has 1 nitrogen and oxygen atoms in total. The van der Waals surface area contributed by atoms with Crippen molar-refractivity contribution in [3.63, 3.8) is 0 Å². The van der Waals surface area contributed by atoms with Crippen molar-refractivity contribution < 1.29 is 22.4 Å². The third-order valence-electron chi connectivity index (χ3n) is 9.62. The van der Waals surface area contributed by atoms with Crippen LogP contribution in [0.15, 0.2) is 108 Å². The van der Waals surface area contributed by atoms with Gasteiger partial charge in [-0.25, -0.2) is 0 Å². The molecule has 0 bridgehead atoms. The molecular formula is C47H52Cl2OSiZr-2. The van der Waals surface area contributed by atoms with Crippen molar-refractivity contribution >= 4 is 44.0 Å². The van der Waals surface area contributed by atoms with Crippen LogP contribution in [0.1, 0.15) is 66.8 Å². The summed E-state index contributed by atoms with van der Waals surface area (Å²) >= 11 is -1.65. The zero-order valence-electron chi connectivity index (χ0n) is 32.7. The first-order chi connectivity index (χ1) is 24.5. The van der Waals surface area contributed by atoms with Crippen molar-refractivity contribution in [3.8, 4) is 33.6 Å². The Morgan fingerprint density at radius 2 is 1.19 bits per heavy atom. The summed E-state index contributed by atoms with van der Waals surface area (Å²) in [6.07, 6.45) is 1.10. The number of hydrogen-bond donors (Lipinski definition) is 0. The Labute approximate surface area is 327 Å². The molecule has 270 valence electrons.